The summed E-state index contributed by atoms with van der Waals surface area (Å²) in [6.07, 6.45) is 1.49. The molecule has 0 atom stereocenters. The van der Waals surface area contributed by atoms with Crippen LogP contribution in [0.1, 0.15) is 11.1 Å². The van der Waals surface area contributed by atoms with Crippen LogP contribution in [0.4, 0.5) is 0 Å². The highest BCUT2D eigenvalue weighted by Crippen LogP contribution is 2.29. The Morgan fingerprint density at radius 1 is 1.00 bits per heavy atom. The fourth-order valence-corrected chi connectivity index (χ4v) is 2.81. The number of ketones is 1. The lowest BCUT2D eigenvalue weighted by atomic mass is 9.95. The largest absolute Gasteiger partial charge is 0.505 e. The van der Waals surface area contributed by atoms with E-state index in [4.69, 9.17) is 23.2 Å². The third kappa shape index (κ3) is 3.07. The molecule has 0 saturated carbocycles. The molecular formula is C18H11Cl2NO3. The minimum absolute atomic E-state index is 0.0457. The molecule has 4 nitrogen and oxygen atoms in total. The lowest BCUT2D eigenvalue weighted by Gasteiger charge is -2.19. The number of carbonyl (C=O) groups is 2. The molecule has 0 fully saturated rings. The highest BCUT2D eigenvalue weighted by molar-refractivity contribution is 6.55. The summed E-state index contributed by atoms with van der Waals surface area (Å²) in [6, 6.07) is 13.3. The average molecular weight is 360 g/mol. The first-order valence-electron chi connectivity index (χ1n) is 6.99. The number of rotatable bonds is 2. The first-order chi connectivity index (χ1) is 11.5. The molecule has 120 valence electrons. The van der Waals surface area contributed by atoms with E-state index < -0.39 is 11.7 Å². The van der Waals surface area contributed by atoms with E-state index in [-0.39, 0.29) is 17.0 Å². The van der Waals surface area contributed by atoms with E-state index in [0.717, 1.165) is 0 Å². The summed E-state index contributed by atoms with van der Waals surface area (Å²) < 4.78 is 0. The molecule has 1 aliphatic heterocycles. The van der Waals surface area contributed by atoms with Crippen LogP contribution in [-0.4, -0.2) is 16.8 Å². The van der Waals surface area contributed by atoms with Gasteiger partial charge in [-0.15, -0.1) is 0 Å². The van der Waals surface area contributed by atoms with Crippen molar-refractivity contribution in [3.8, 4) is 0 Å². The molecule has 24 heavy (non-hydrogen) atoms. The molecule has 3 rings (SSSR count). The van der Waals surface area contributed by atoms with Gasteiger partial charge in [-0.1, -0.05) is 59.6 Å². The van der Waals surface area contributed by atoms with Crippen LogP contribution in [-0.2, 0) is 9.59 Å². The van der Waals surface area contributed by atoms with Gasteiger partial charge in [0.25, 0.3) is 11.7 Å². The normalized spacial score (nSPS) is 16.5. The Bertz CT molecular complexity index is 902. The van der Waals surface area contributed by atoms with Crippen molar-refractivity contribution in [3.63, 3.8) is 0 Å². The smallest absolute Gasteiger partial charge is 0.297 e. The van der Waals surface area contributed by atoms with Crippen molar-refractivity contribution in [3.05, 3.63) is 81.2 Å². The van der Waals surface area contributed by atoms with E-state index in [0.29, 0.717) is 21.2 Å². The Morgan fingerprint density at radius 2 is 1.71 bits per heavy atom. The molecule has 0 saturated heterocycles. The lowest BCUT2D eigenvalue weighted by molar-refractivity contribution is -0.134. The van der Waals surface area contributed by atoms with Gasteiger partial charge < -0.3 is 10.4 Å². The molecule has 1 amide bonds. The summed E-state index contributed by atoms with van der Waals surface area (Å²) in [6.45, 7) is 0. The lowest BCUT2D eigenvalue weighted by Crippen LogP contribution is -2.37. The van der Waals surface area contributed by atoms with Gasteiger partial charge in [0, 0.05) is 10.0 Å². The van der Waals surface area contributed by atoms with Gasteiger partial charge in [-0.05, 0) is 29.3 Å². The number of nitrogens with one attached hydrogen (secondary N) is 1. The molecule has 0 aromatic heterocycles. The van der Waals surface area contributed by atoms with Crippen molar-refractivity contribution in [2.24, 2.45) is 0 Å². The molecule has 1 heterocycles. The number of aliphatic hydroxyl groups excluding tert-OH is 1. The van der Waals surface area contributed by atoms with Crippen LogP contribution < -0.4 is 5.32 Å². The predicted octanol–water partition coefficient (Wildman–Crippen LogP) is 4.00. The Labute approximate surface area is 148 Å². The number of amides is 1. The fourth-order valence-electron chi connectivity index (χ4n) is 2.35. The zero-order valence-electron chi connectivity index (χ0n) is 12.2. The Balaban J connectivity index is 2.14. The third-order valence-corrected chi connectivity index (χ3v) is 4.06. The standard InChI is InChI=1S/C18H11Cl2NO3/c19-12-7-6-11(13(20)9-12)8-14-16(22)15(17(23)18(24)21-14)10-4-2-1-3-5-10/h1-9,22H,(H,21,24)/b14-8-. The second-order valence-corrected chi connectivity index (χ2v) is 5.94. The molecule has 2 aromatic carbocycles. The summed E-state index contributed by atoms with van der Waals surface area (Å²) in [4.78, 5) is 24.1. The number of hydrogen-bond donors (Lipinski definition) is 2. The number of aliphatic hydroxyl groups is 1. The van der Waals surface area contributed by atoms with Crippen molar-refractivity contribution in [2.75, 3.05) is 0 Å². The van der Waals surface area contributed by atoms with Gasteiger partial charge in [-0.3, -0.25) is 9.59 Å². The first-order valence-corrected chi connectivity index (χ1v) is 7.74. The monoisotopic (exact) mass is 359 g/mol. The van der Waals surface area contributed by atoms with Gasteiger partial charge in [0.1, 0.15) is 0 Å². The van der Waals surface area contributed by atoms with Gasteiger partial charge >= 0.3 is 0 Å². The number of Topliss-reactive ketones (excluding diaryl/α,β-unsaturated/α-hetero) is 1. The number of benzene rings is 2. The summed E-state index contributed by atoms with van der Waals surface area (Å²) >= 11 is 12.0. The van der Waals surface area contributed by atoms with E-state index in [2.05, 4.69) is 5.32 Å². The highest BCUT2D eigenvalue weighted by Gasteiger charge is 2.31. The summed E-state index contributed by atoms with van der Waals surface area (Å²) in [5.41, 5.74) is 1.06. The Hall–Kier alpha value is -2.56. The van der Waals surface area contributed by atoms with Crippen LogP contribution in [0.25, 0.3) is 11.6 Å². The van der Waals surface area contributed by atoms with E-state index in [1.54, 1.807) is 48.5 Å². The Kier molecular flexibility index (Phi) is 4.42. The highest BCUT2D eigenvalue weighted by atomic mass is 35.5. The number of carbonyl (C=O) groups excluding carboxylic acids is 2. The van der Waals surface area contributed by atoms with Crippen molar-refractivity contribution in [1.29, 1.82) is 0 Å². The van der Waals surface area contributed by atoms with Crippen molar-refractivity contribution in [2.45, 2.75) is 0 Å². The quantitative estimate of drug-likeness (QED) is 0.796. The van der Waals surface area contributed by atoms with Crippen molar-refractivity contribution in [1.82, 2.24) is 5.32 Å². The molecule has 0 spiro atoms. The van der Waals surface area contributed by atoms with Gasteiger partial charge in [0.2, 0.25) is 0 Å². The first kappa shape index (κ1) is 16.3. The van der Waals surface area contributed by atoms with Crippen LogP contribution in [0.3, 0.4) is 0 Å². The van der Waals surface area contributed by atoms with E-state index in [1.165, 1.54) is 6.08 Å². The maximum Gasteiger partial charge on any atom is 0.297 e. The number of halogens is 2. The van der Waals surface area contributed by atoms with Gasteiger partial charge in [0.05, 0.1) is 11.3 Å². The zero-order valence-corrected chi connectivity index (χ0v) is 13.7. The van der Waals surface area contributed by atoms with Gasteiger partial charge in [-0.25, -0.2) is 0 Å². The number of hydrogen-bond acceptors (Lipinski definition) is 3. The van der Waals surface area contributed by atoms with Crippen molar-refractivity contribution >= 4 is 46.5 Å². The summed E-state index contributed by atoms with van der Waals surface area (Å²) in [5.74, 6) is -1.92. The van der Waals surface area contributed by atoms with Gasteiger partial charge in [0.15, 0.2) is 5.76 Å². The molecule has 2 aromatic rings. The molecule has 0 bridgehead atoms. The van der Waals surface area contributed by atoms with E-state index in [1.807, 2.05) is 0 Å². The second-order valence-electron chi connectivity index (χ2n) is 5.10. The van der Waals surface area contributed by atoms with Crippen LogP contribution in [0, 0.1) is 0 Å². The minimum Gasteiger partial charge on any atom is -0.505 e. The van der Waals surface area contributed by atoms with Gasteiger partial charge in [-0.2, -0.15) is 0 Å². The fraction of sp³-hybridized carbons (Fsp3) is 0. The summed E-state index contributed by atoms with van der Waals surface area (Å²) in [5, 5.41) is 13.7. The Morgan fingerprint density at radius 3 is 2.38 bits per heavy atom. The second kappa shape index (κ2) is 6.51. The molecule has 0 aliphatic carbocycles. The molecule has 0 unspecified atom stereocenters. The maximum absolute atomic E-state index is 12.1. The van der Waals surface area contributed by atoms with Crippen LogP contribution in [0.15, 0.2) is 60.0 Å². The zero-order chi connectivity index (χ0) is 17.3. The predicted molar refractivity (Wildman–Crippen MR) is 93.6 cm³/mol. The molecule has 0 radical (unpaired) electrons. The van der Waals surface area contributed by atoms with E-state index >= 15 is 0 Å². The van der Waals surface area contributed by atoms with Crippen LogP contribution >= 0.6 is 23.2 Å². The molecular weight excluding hydrogens is 349 g/mol. The van der Waals surface area contributed by atoms with Crippen molar-refractivity contribution < 1.29 is 14.7 Å². The third-order valence-electron chi connectivity index (χ3n) is 3.50. The van der Waals surface area contributed by atoms with Crippen LogP contribution in [0.5, 0.6) is 0 Å². The topological polar surface area (TPSA) is 66.4 Å². The van der Waals surface area contributed by atoms with Crippen LogP contribution in [0.2, 0.25) is 10.0 Å². The van der Waals surface area contributed by atoms with E-state index in [9.17, 15) is 14.7 Å². The maximum atomic E-state index is 12.1. The average Bonchev–Trinajstić information content (AvgIpc) is 2.56. The molecule has 2 N–H and O–H groups in total. The minimum atomic E-state index is -0.817. The SMILES string of the molecule is O=C1N/C(=C\c2ccc(Cl)cc2Cl)C(O)=C(c2ccccc2)C1=O. The molecule has 6 heteroatoms. The molecule has 1 aliphatic rings. The summed E-state index contributed by atoms with van der Waals surface area (Å²) in [7, 11) is 0.